The molecule has 0 heterocycles. The van der Waals surface area contributed by atoms with Gasteiger partial charge in [-0.15, -0.1) is 0 Å². The van der Waals surface area contributed by atoms with E-state index in [9.17, 15) is 20.2 Å². The topological polar surface area (TPSA) is 111 Å². The molecule has 4 rings (SSSR count). The number of non-ortho nitro benzene ring substituents is 1. The van der Waals surface area contributed by atoms with Crippen molar-refractivity contribution in [2.45, 2.75) is 32.6 Å². The van der Waals surface area contributed by atoms with Gasteiger partial charge in [-0.05, 0) is 66.5 Å². The number of nitro groups is 2. The number of benzene rings is 3. The van der Waals surface area contributed by atoms with Crippen molar-refractivity contribution in [3.63, 3.8) is 0 Å². The molecular weight excluding hydrogens is 432 g/mol. The van der Waals surface area contributed by atoms with Gasteiger partial charge in [0.05, 0.1) is 21.6 Å². The minimum absolute atomic E-state index is 0.120. The summed E-state index contributed by atoms with van der Waals surface area (Å²) in [5.41, 5.74) is 8.91. The van der Waals surface area contributed by atoms with Crippen molar-refractivity contribution < 1.29 is 9.85 Å². The first kappa shape index (κ1) is 22.8. The molecule has 1 aliphatic carbocycles. The normalized spacial score (nSPS) is 15.9. The van der Waals surface area contributed by atoms with Crippen molar-refractivity contribution in [2.75, 3.05) is 5.43 Å². The van der Waals surface area contributed by atoms with Gasteiger partial charge >= 0.3 is 5.69 Å². The lowest BCUT2D eigenvalue weighted by molar-refractivity contribution is -0.393. The first-order chi connectivity index (χ1) is 16.4. The minimum atomic E-state index is -0.654. The van der Waals surface area contributed by atoms with E-state index in [1.165, 1.54) is 28.8 Å². The second-order valence-electron chi connectivity index (χ2n) is 8.17. The van der Waals surface area contributed by atoms with Crippen LogP contribution in [-0.2, 0) is 6.42 Å². The highest BCUT2D eigenvalue weighted by Crippen LogP contribution is 2.35. The summed E-state index contributed by atoms with van der Waals surface area (Å²) < 4.78 is 0. The summed E-state index contributed by atoms with van der Waals surface area (Å²) in [7, 11) is 0. The molecule has 34 heavy (non-hydrogen) atoms. The zero-order valence-corrected chi connectivity index (χ0v) is 18.7. The molecule has 1 fully saturated rings. The second kappa shape index (κ2) is 10.1. The van der Waals surface area contributed by atoms with E-state index in [-0.39, 0.29) is 17.1 Å². The number of anilines is 1. The molecule has 8 nitrogen and oxygen atoms in total. The van der Waals surface area contributed by atoms with Crippen LogP contribution in [0.5, 0.6) is 0 Å². The Labute approximate surface area is 196 Å². The summed E-state index contributed by atoms with van der Waals surface area (Å²) in [5.74, 6) is 0. The van der Waals surface area contributed by atoms with Gasteiger partial charge in [0.25, 0.3) is 5.69 Å². The standard InChI is InChI=1S/C26H24N4O4/c1-18-8-5-6-11-21(18)23(16-19-9-3-2-4-10-19)22-12-7-13-24(22)27-28-25-15-14-20(29(31)32)17-26(25)30(33)34/h2-6,8-11,14-15,17,28H,7,12-13,16H2,1H3/b23-22+,27-24+. The van der Waals surface area contributed by atoms with Crippen LogP contribution < -0.4 is 5.43 Å². The van der Waals surface area contributed by atoms with Gasteiger partial charge in [0.15, 0.2) is 0 Å². The van der Waals surface area contributed by atoms with Gasteiger partial charge in [0, 0.05) is 6.07 Å². The Kier molecular flexibility index (Phi) is 6.77. The third kappa shape index (κ3) is 5.01. The summed E-state index contributed by atoms with van der Waals surface area (Å²) in [6, 6.07) is 22.0. The van der Waals surface area contributed by atoms with E-state index in [4.69, 9.17) is 0 Å². The average Bonchev–Trinajstić information content (AvgIpc) is 3.30. The second-order valence-corrected chi connectivity index (χ2v) is 8.17. The van der Waals surface area contributed by atoms with Gasteiger partial charge in [-0.25, -0.2) is 0 Å². The van der Waals surface area contributed by atoms with Crippen molar-refractivity contribution in [1.82, 2.24) is 0 Å². The van der Waals surface area contributed by atoms with Crippen LogP contribution in [0.1, 0.15) is 36.0 Å². The van der Waals surface area contributed by atoms with Crippen LogP contribution in [0.15, 0.2) is 83.5 Å². The molecule has 3 aromatic carbocycles. The molecule has 0 aromatic heterocycles. The predicted octanol–water partition coefficient (Wildman–Crippen LogP) is 6.46. The quantitative estimate of drug-likeness (QED) is 0.324. The predicted molar refractivity (Wildman–Crippen MR) is 133 cm³/mol. The Balaban J connectivity index is 1.75. The Morgan fingerprint density at radius 2 is 1.68 bits per heavy atom. The zero-order chi connectivity index (χ0) is 24.1. The number of allylic oxidation sites excluding steroid dienone is 2. The molecule has 0 spiro atoms. The number of nitrogens with one attached hydrogen (secondary N) is 1. The minimum Gasteiger partial charge on any atom is -0.271 e. The summed E-state index contributed by atoms with van der Waals surface area (Å²) in [6.45, 7) is 2.09. The SMILES string of the molecule is Cc1ccccc1/C(Cc1ccccc1)=C1\CCC\C1=N/Nc1ccc([N+](=O)[O-])cc1[N+](=O)[O-]. The molecule has 0 unspecified atom stereocenters. The number of hydrogen-bond acceptors (Lipinski definition) is 6. The van der Waals surface area contributed by atoms with Gasteiger partial charge < -0.3 is 0 Å². The third-order valence-electron chi connectivity index (χ3n) is 5.95. The maximum absolute atomic E-state index is 11.5. The Morgan fingerprint density at radius 3 is 2.38 bits per heavy atom. The van der Waals surface area contributed by atoms with Crippen molar-refractivity contribution in [1.29, 1.82) is 0 Å². The fourth-order valence-electron chi connectivity index (χ4n) is 4.26. The molecule has 0 amide bonds. The van der Waals surface area contributed by atoms with Gasteiger partial charge in [0.1, 0.15) is 5.69 Å². The van der Waals surface area contributed by atoms with Crippen LogP contribution in [0.4, 0.5) is 17.1 Å². The number of hydrazone groups is 1. The summed E-state index contributed by atoms with van der Waals surface area (Å²) in [5, 5.41) is 27.0. The third-order valence-corrected chi connectivity index (χ3v) is 5.95. The Morgan fingerprint density at radius 1 is 0.941 bits per heavy atom. The molecule has 0 bridgehead atoms. The van der Waals surface area contributed by atoms with Gasteiger partial charge in [-0.1, -0.05) is 54.6 Å². The van der Waals surface area contributed by atoms with E-state index in [2.05, 4.69) is 41.7 Å². The number of rotatable bonds is 7. The van der Waals surface area contributed by atoms with Crippen LogP contribution in [0.25, 0.3) is 5.57 Å². The smallest absolute Gasteiger partial charge is 0.271 e. The van der Waals surface area contributed by atoms with E-state index in [0.29, 0.717) is 0 Å². The van der Waals surface area contributed by atoms with E-state index in [1.807, 2.05) is 30.3 Å². The van der Waals surface area contributed by atoms with Crippen LogP contribution in [0.3, 0.4) is 0 Å². The van der Waals surface area contributed by atoms with E-state index >= 15 is 0 Å². The molecule has 3 aromatic rings. The Hall–Kier alpha value is -4.33. The molecule has 0 radical (unpaired) electrons. The largest absolute Gasteiger partial charge is 0.301 e. The van der Waals surface area contributed by atoms with Crippen molar-refractivity contribution in [3.05, 3.63) is 115 Å². The maximum atomic E-state index is 11.5. The van der Waals surface area contributed by atoms with Gasteiger partial charge in [-0.3, -0.25) is 25.7 Å². The molecule has 0 atom stereocenters. The lowest BCUT2D eigenvalue weighted by Gasteiger charge is -2.16. The van der Waals surface area contributed by atoms with Gasteiger partial charge in [-0.2, -0.15) is 5.10 Å². The van der Waals surface area contributed by atoms with E-state index < -0.39 is 9.85 Å². The van der Waals surface area contributed by atoms with Crippen LogP contribution in [0.2, 0.25) is 0 Å². The van der Waals surface area contributed by atoms with Crippen molar-refractivity contribution in [3.8, 4) is 0 Å². The zero-order valence-electron chi connectivity index (χ0n) is 18.7. The molecule has 1 aliphatic rings. The lowest BCUT2D eigenvalue weighted by Crippen LogP contribution is -2.06. The summed E-state index contributed by atoms with van der Waals surface area (Å²) >= 11 is 0. The monoisotopic (exact) mass is 456 g/mol. The highest BCUT2D eigenvalue weighted by molar-refractivity contribution is 6.08. The average molecular weight is 457 g/mol. The highest BCUT2D eigenvalue weighted by Gasteiger charge is 2.23. The molecule has 0 saturated heterocycles. The Bertz CT molecular complexity index is 1300. The fraction of sp³-hybridized carbons (Fsp3) is 0.192. The van der Waals surface area contributed by atoms with Gasteiger partial charge in [0.2, 0.25) is 0 Å². The summed E-state index contributed by atoms with van der Waals surface area (Å²) in [6.07, 6.45) is 3.28. The van der Waals surface area contributed by atoms with Crippen molar-refractivity contribution >= 4 is 28.3 Å². The van der Waals surface area contributed by atoms with E-state index in [0.717, 1.165) is 48.6 Å². The van der Waals surface area contributed by atoms with E-state index in [1.54, 1.807) is 0 Å². The molecule has 1 saturated carbocycles. The number of nitro benzene ring substituents is 2. The number of aryl methyl sites for hydroxylation is 1. The first-order valence-electron chi connectivity index (χ1n) is 11.0. The molecule has 172 valence electrons. The maximum Gasteiger partial charge on any atom is 0.301 e. The molecule has 8 heteroatoms. The molecule has 0 aliphatic heterocycles. The van der Waals surface area contributed by atoms with Crippen molar-refractivity contribution in [2.24, 2.45) is 5.10 Å². The number of hydrogen-bond donors (Lipinski definition) is 1. The fourth-order valence-corrected chi connectivity index (χ4v) is 4.26. The summed E-state index contributed by atoms with van der Waals surface area (Å²) in [4.78, 5) is 21.2. The van der Waals surface area contributed by atoms with Crippen LogP contribution >= 0.6 is 0 Å². The lowest BCUT2D eigenvalue weighted by atomic mass is 9.90. The van der Waals surface area contributed by atoms with Crippen LogP contribution in [-0.4, -0.2) is 15.6 Å². The van der Waals surface area contributed by atoms with Crippen LogP contribution in [0, 0.1) is 27.2 Å². The molecule has 1 N–H and O–H groups in total. The highest BCUT2D eigenvalue weighted by atomic mass is 16.6. The molecular formula is C26H24N4O4. The number of nitrogens with zero attached hydrogens (tertiary/aromatic N) is 3. The first-order valence-corrected chi connectivity index (χ1v) is 11.0.